The molecule has 0 saturated heterocycles. The molecule has 4 heteroatoms. The molecule has 0 aliphatic heterocycles. The van der Waals surface area contributed by atoms with E-state index in [1.54, 1.807) is 12.5 Å². The fraction of sp³-hybridized carbons (Fsp3) is 0.235. The maximum Gasteiger partial charge on any atom is 0.109 e. The summed E-state index contributed by atoms with van der Waals surface area (Å²) in [5.74, 6) is 1.12. The molecule has 4 rings (SSSR count). The van der Waals surface area contributed by atoms with E-state index in [0.717, 1.165) is 36.4 Å². The Labute approximate surface area is 123 Å². The summed E-state index contributed by atoms with van der Waals surface area (Å²) >= 11 is 0. The largest absolute Gasteiger partial charge is 0.469 e. The van der Waals surface area contributed by atoms with E-state index in [0.29, 0.717) is 6.04 Å². The van der Waals surface area contributed by atoms with Gasteiger partial charge in [0.15, 0.2) is 0 Å². The van der Waals surface area contributed by atoms with Crippen LogP contribution in [0.15, 0.2) is 59.7 Å². The van der Waals surface area contributed by atoms with Crippen molar-refractivity contribution in [3.8, 4) is 5.69 Å². The summed E-state index contributed by atoms with van der Waals surface area (Å²) in [7, 11) is 0. The smallest absolute Gasteiger partial charge is 0.109 e. The molecule has 0 saturated carbocycles. The van der Waals surface area contributed by atoms with Crippen LogP contribution in [0.3, 0.4) is 0 Å². The number of hydrogen-bond donors (Lipinski definition) is 1. The Bertz CT molecular complexity index is 730. The Balaban J connectivity index is 1.68. The van der Waals surface area contributed by atoms with Gasteiger partial charge in [0.1, 0.15) is 5.76 Å². The highest BCUT2D eigenvalue weighted by molar-refractivity contribution is 5.62. The SMILES string of the molecule is c1ccc(-n2ccnc2)c(NC2CCCc3occc32)c1. The molecule has 1 atom stereocenters. The van der Waals surface area contributed by atoms with Gasteiger partial charge < -0.3 is 14.3 Å². The van der Waals surface area contributed by atoms with Crippen molar-refractivity contribution in [3.05, 3.63) is 66.6 Å². The number of aryl methyl sites for hydroxylation is 1. The Kier molecular flexibility index (Phi) is 2.99. The van der Waals surface area contributed by atoms with E-state index < -0.39 is 0 Å². The zero-order valence-electron chi connectivity index (χ0n) is 11.7. The van der Waals surface area contributed by atoms with Gasteiger partial charge in [0.05, 0.1) is 30.0 Å². The summed E-state index contributed by atoms with van der Waals surface area (Å²) in [6, 6.07) is 10.7. The molecular formula is C17H17N3O. The van der Waals surface area contributed by atoms with Gasteiger partial charge in [-0.15, -0.1) is 0 Å². The number of anilines is 1. The van der Waals surface area contributed by atoms with Crippen LogP contribution in [0.5, 0.6) is 0 Å². The highest BCUT2D eigenvalue weighted by Gasteiger charge is 2.23. The lowest BCUT2D eigenvalue weighted by Gasteiger charge is -2.25. The van der Waals surface area contributed by atoms with Crippen LogP contribution in [0.1, 0.15) is 30.2 Å². The number of para-hydroxylation sites is 2. The van der Waals surface area contributed by atoms with Gasteiger partial charge in [-0.2, -0.15) is 0 Å². The van der Waals surface area contributed by atoms with Crippen LogP contribution < -0.4 is 5.32 Å². The second kappa shape index (κ2) is 5.13. The van der Waals surface area contributed by atoms with Crippen LogP contribution in [-0.4, -0.2) is 9.55 Å². The minimum Gasteiger partial charge on any atom is -0.469 e. The highest BCUT2D eigenvalue weighted by Crippen LogP contribution is 2.34. The quantitative estimate of drug-likeness (QED) is 0.789. The molecule has 0 radical (unpaired) electrons. The maximum atomic E-state index is 5.57. The molecule has 0 bridgehead atoms. The van der Waals surface area contributed by atoms with E-state index in [1.165, 1.54) is 5.56 Å². The molecule has 2 aromatic heterocycles. The summed E-state index contributed by atoms with van der Waals surface area (Å²) in [4.78, 5) is 4.13. The van der Waals surface area contributed by atoms with Crippen molar-refractivity contribution >= 4 is 5.69 Å². The first kappa shape index (κ1) is 12.3. The summed E-state index contributed by atoms with van der Waals surface area (Å²) < 4.78 is 7.60. The third-order valence-electron chi connectivity index (χ3n) is 4.07. The van der Waals surface area contributed by atoms with Crippen molar-refractivity contribution in [1.82, 2.24) is 9.55 Å². The minimum atomic E-state index is 0.317. The average molecular weight is 279 g/mol. The lowest BCUT2D eigenvalue weighted by atomic mass is 9.93. The number of benzene rings is 1. The summed E-state index contributed by atoms with van der Waals surface area (Å²) in [6.45, 7) is 0. The topological polar surface area (TPSA) is 43.0 Å². The summed E-state index contributed by atoms with van der Waals surface area (Å²) in [5, 5.41) is 3.67. The Morgan fingerprint density at radius 2 is 2.19 bits per heavy atom. The maximum absolute atomic E-state index is 5.57. The van der Waals surface area contributed by atoms with E-state index in [-0.39, 0.29) is 0 Å². The lowest BCUT2D eigenvalue weighted by Crippen LogP contribution is -2.16. The number of hydrogen-bond acceptors (Lipinski definition) is 3. The number of furan rings is 1. The van der Waals surface area contributed by atoms with Gasteiger partial charge in [0.25, 0.3) is 0 Å². The second-order valence-electron chi connectivity index (χ2n) is 5.38. The molecule has 1 unspecified atom stereocenters. The second-order valence-corrected chi connectivity index (χ2v) is 5.38. The Morgan fingerprint density at radius 3 is 3.10 bits per heavy atom. The van der Waals surface area contributed by atoms with Crippen molar-refractivity contribution in [3.63, 3.8) is 0 Å². The van der Waals surface area contributed by atoms with Gasteiger partial charge in [-0.3, -0.25) is 0 Å². The molecule has 3 aromatic rings. The van der Waals surface area contributed by atoms with Crippen molar-refractivity contribution in [2.45, 2.75) is 25.3 Å². The zero-order valence-corrected chi connectivity index (χ0v) is 11.7. The Morgan fingerprint density at radius 1 is 1.24 bits per heavy atom. The van der Waals surface area contributed by atoms with Crippen LogP contribution in [0.2, 0.25) is 0 Å². The highest BCUT2D eigenvalue weighted by atomic mass is 16.3. The monoisotopic (exact) mass is 279 g/mol. The first-order valence-electron chi connectivity index (χ1n) is 7.32. The van der Waals surface area contributed by atoms with E-state index in [2.05, 4.69) is 34.6 Å². The predicted octanol–water partition coefficient (Wildman–Crippen LogP) is 3.95. The number of aromatic nitrogens is 2. The van der Waals surface area contributed by atoms with Gasteiger partial charge in [-0.25, -0.2) is 4.98 Å². The summed E-state index contributed by atoms with van der Waals surface area (Å²) in [5.41, 5.74) is 3.53. The third kappa shape index (κ3) is 2.23. The van der Waals surface area contributed by atoms with Crippen molar-refractivity contribution in [2.75, 3.05) is 5.32 Å². The lowest BCUT2D eigenvalue weighted by molar-refractivity contribution is 0.461. The fourth-order valence-corrected chi connectivity index (χ4v) is 3.05. The summed E-state index contributed by atoms with van der Waals surface area (Å²) in [6.07, 6.45) is 10.7. The van der Waals surface area contributed by atoms with E-state index in [9.17, 15) is 0 Å². The van der Waals surface area contributed by atoms with Gasteiger partial charge >= 0.3 is 0 Å². The molecule has 1 aliphatic rings. The number of nitrogens with zero attached hydrogens (tertiary/aromatic N) is 2. The van der Waals surface area contributed by atoms with E-state index in [4.69, 9.17) is 4.42 Å². The Hall–Kier alpha value is -2.49. The first-order chi connectivity index (χ1) is 10.4. The van der Waals surface area contributed by atoms with Gasteiger partial charge in [-0.1, -0.05) is 12.1 Å². The molecule has 2 heterocycles. The zero-order chi connectivity index (χ0) is 14.1. The van der Waals surface area contributed by atoms with Crippen molar-refractivity contribution in [2.24, 2.45) is 0 Å². The standard InChI is InChI=1S/C17H17N3O/c1-2-6-16(20-10-9-18-12-20)15(4-1)19-14-5-3-7-17-13(14)8-11-21-17/h1-2,4,6,8-12,14,19H,3,5,7H2. The van der Waals surface area contributed by atoms with Crippen LogP contribution >= 0.6 is 0 Å². The van der Waals surface area contributed by atoms with Gasteiger partial charge in [-0.05, 0) is 31.0 Å². The van der Waals surface area contributed by atoms with Crippen molar-refractivity contribution in [1.29, 1.82) is 0 Å². The van der Waals surface area contributed by atoms with E-state index in [1.807, 2.05) is 23.2 Å². The molecular weight excluding hydrogens is 262 g/mol. The average Bonchev–Trinajstić information content (AvgIpc) is 3.20. The molecule has 1 aliphatic carbocycles. The molecule has 4 nitrogen and oxygen atoms in total. The van der Waals surface area contributed by atoms with Crippen LogP contribution in [0.25, 0.3) is 5.69 Å². The van der Waals surface area contributed by atoms with Crippen LogP contribution in [-0.2, 0) is 6.42 Å². The predicted molar refractivity (Wildman–Crippen MR) is 81.6 cm³/mol. The molecule has 0 spiro atoms. The number of rotatable bonds is 3. The first-order valence-corrected chi connectivity index (χ1v) is 7.32. The number of imidazole rings is 1. The molecule has 21 heavy (non-hydrogen) atoms. The normalized spacial score (nSPS) is 17.4. The molecule has 106 valence electrons. The molecule has 1 N–H and O–H groups in total. The van der Waals surface area contributed by atoms with Crippen LogP contribution in [0.4, 0.5) is 5.69 Å². The fourth-order valence-electron chi connectivity index (χ4n) is 3.05. The number of fused-ring (bicyclic) bond motifs is 1. The molecule has 0 amide bonds. The molecule has 0 fully saturated rings. The van der Waals surface area contributed by atoms with Crippen molar-refractivity contribution < 1.29 is 4.42 Å². The molecule has 1 aromatic carbocycles. The van der Waals surface area contributed by atoms with Gasteiger partial charge in [0, 0.05) is 24.4 Å². The minimum absolute atomic E-state index is 0.317. The van der Waals surface area contributed by atoms with E-state index >= 15 is 0 Å². The third-order valence-corrected chi connectivity index (χ3v) is 4.07. The van der Waals surface area contributed by atoms with Gasteiger partial charge in [0.2, 0.25) is 0 Å². The number of nitrogens with one attached hydrogen (secondary N) is 1. The van der Waals surface area contributed by atoms with Crippen LogP contribution in [0, 0.1) is 0 Å².